The van der Waals surface area contributed by atoms with Gasteiger partial charge in [0.05, 0.1) is 5.92 Å². The molecule has 5 nitrogen and oxygen atoms in total. The number of phenolic OH excluding ortho intramolecular Hbond substituents is 1. The molecule has 0 bridgehead atoms. The van der Waals surface area contributed by atoms with Crippen LogP contribution in [0, 0.1) is 0 Å². The van der Waals surface area contributed by atoms with Crippen molar-refractivity contribution in [1.82, 2.24) is 5.32 Å². The van der Waals surface area contributed by atoms with Crippen LogP contribution in [0.5, 0.6) is 5.75 Å². The van der Waals surface area contributed by atoms with Gasteiger partial charge in [-0.25, -0.2) is 0 Å². The topological polar surface area (TPSA) is 92.4 Å². The Morgan fingerprint density at radius 3 is 2.69 bits per heavy atom. The predicted octanol–water partition coefficient (Wildman–Crippen LogP) is 0.495. The third-order valence-corrected chi connectivity index (χ3v) is 2.60. The molecule has 1 aliphatic rings. The number of imide groups is 1. The minimum Gasteiger partial charge on any atom is -0.508 e. The molecule has 4 N–H and O–H groups in total. The zero-order chi connectivity index (χ0) is 11.7. The normalized spacial score (nSPS) is 20.6. The lowest BCUT2D eigenvalue weighted by atomic mass is 9.90. The fourth-order valence-electron chi connectivity index (χ4n) is 1.87. The molecule has 1 unspecified atom stereocenters. The van der Waals surface area contributed by atoms with Gasteiger partial charge in [-0.05, 0) is 24.1 Å². The lowest BCUT2D eigenvalue weighted by Gasteiger charge is -2.21. The summed E-state index contributed by atoms with van der Waals surface area (Å²) >= 11 is 0. The molecule has 1 aromatic carbocycles. The largest absolute Gasteiger partial charge is 0.508 e. The molecule has 2 rings (SSSR count). The molecule has 1 heterocycles. The Bertz CT molecular complexity index is 436. The highest BCUT2D eigenvalue weighted by Crippen LogP contribution is 2.29. The maximum absolute atomic E-state index is 11.6. The smallest absolute Gasteiger partial charge is 0.234 e. The van der Waals surface area contributed by atoms with Crippen LogP contribution in [-0.4, -0.2) is 16.9 Å². The maximum atomic E-state index is 11.6. The fourth-order valence-corrected chi connectivity index (χ4v) is 1.87. The summed E-state index contributed by atoms with van der Waals surface area (Å²) in [5.41, 5.74) is 6.62. The average Bonchev–Trinajstić information content (AvgIpc) is 2.15. The van der Waals surface area contributed by atoms with Crippen LogP contribution < -0.4 is 11.1 Å². The monoisotopic (exact) mass is 220 g/mol. The molecule has 1 aliphatic heterocycles. The van der Waals surface area contributed by atoms with Crippen molar-refractivity contribution >= 4 is 17.5 Å². The molecule has 1 aromatic rings. The molecule has 0 aromatic heterocycles. The number of carbonyl (C=O) groups is 2. The lowest BCUT2D eigenvalue weighted by Crippen LogP contribution is -2.39. The van der Waals surface area contributed by atoms with Crippen LogP contribution in [0.2, 0.25) is 0 Å². The molecule has 0 saturated carbocycles. The number of nitrogens with one attached hydrogen (secondary N) is 1. The van der Waals surface area contributed by atoms with E-state index in [-0.39, 0.29) is 17.6 Å². The highest BCUT2D eigenvalue weighted by Gasteiger charge is 2.28. The number of anilines is 1. The van der Waals surface area contributed by atoms with Gasteiger partial charge in [0.1, 0.15) is 5.75 Å². The Balaban J connectivity index is 2.30. The number of piperidine rings is 1. The van der Waals surface area contributed by atoms with Gasteiger partial charge in [0, 0.05) is 18.2 Å². The number of nitrogens with two attached hydrogens (primary N) is 1. The van der Waals surface area contributed by atoms with Gasteiger partial charge in [-0.1, -0.05) is 0 Å². The van der Waals surface area contributed by atoms with E-state index in [1.807, 2.05) is 0 Å². The zero-order valence-corrected chi connectivity index (χ0v) is 8.56. The third-order valence-electron chi connectivity index (χ3n) is 2.60. The molecule has 0 radical (unpaired) electrons. The second-order valence-corrected chi connectivity index (χ2v) is 3.86. The minimum atomic E-state index is -0.410. The van der Waals surface area contributed by atoms with Gasteiger partial charge in [-0.3, -0.25) is 14.9 Å². The van der Waals surface area contributed by atoms with E-state index in [1.165, 1.54) is 12.1 Å². The molecular weight excluding hydrogens is 208 g/mol. The fraction of sp³-hybridized carbons (Fsp3) is 0.273. The molecule has 0 spiro atoms. The summed E-state index contributed by atoms with van der Waals surface area (Å²) in [6.45, 7) is 0. The van der Waals surface area contributed by atoms with E-state index >= 15 is 0 Å². The number of rotatable bonds is 1. The van der Waals surface area contributed by atoms with Crippen LogP contribution in [0.1, 0.15) is 24.3 Å². The SMILES string of the molecule is Nc1cc(O)cc(C2CCC(=O)NC2=O)c1. The molecule has 1 fully saturated rings. The van der Waals surface area contributed by atoms with Crippen LogP contribution in [0.4, 0.5) is 5.69 Å². The van der Waals surface area contributed by atoms with Crippen LogP contribution in [0.3, 0.4) is 0 Å². The van der Waals surface area contributed by atoms with Gasteiger partial charge in [0.2, 0.25) is 11.8 Å². The average molecular weight is 220 g/mol. The number of amides is 2. The minimum absolute atomic E-state index is 0.0275. The van der Waals surface area contributed by atoms with Crippen LogP contribution in [-0.2, 0) is 9.59 Å². The molecule has 0 aliphatic carbocycles. The van der Waals surface area contributed by atoms with Crippen molar-refractivity contribution in [2.24, 2.45) is 0 Å². The lowest BCUT2D eigenvalue weighted by molar-refractivity contribution is -0.134. The van der Waals surface area contributed by atoms with E-state index < -0.39 is 5.92 Å². The first-order valence-electron chi connectivity index (χ1n) is 4.99. The number of benzene rings is 1. The van der Waals surface area contributed by atoms with Crippen molar-refractivity contribution in [3.8, 4) is 5.75 Å². The number of nitrogen functional groups attached to an aromatic ring is 1. The van der Waals surface area contributed by atoms with Gasteiger partial charge in [0.25, 0.3) is 0 Å². The van der Waals surface area contributed by atoms with E-state index in [1.54, 1.807) is 6.07 Å². The summed E-state index contributed by atoms with van der Waals surface area (Å²) in [7, 11) is 0. The van der Waals surface area contributed by atoms with Gasteiger partial charge in [-0.15, -0.1) is 0 Å². The summed E-state index contributed by atoms with van der Waals surface area (Å²) in [6.07, 6.45) is 0.763. The highest BCUT2D eigenvalue weighted by atomic mass is 16.3. The van der Waals surface area contributed by atoms with Crippen molar-refractivity contribution in [2.75, 3.05) is 5.73 Å². The van der Waals surface area contributed by atoms with E-state index in [0.29, 0.717) is 24.1 Å². The van der Waals surface area contributed by atoms with Gasteiger partial charge < -0.3 is 10.8 Å². The van der Waals surface area contributed by atoms with Gasteiger partial charge in [0.15, 0.2) is 0 Å². The Kier molecular flexibility index (Phi) is 2.52. The summed E-state index contributed by atoms with van der Waals surface area (Å²) in [5.74, 6) is -0.970. The van der Waals surface area contributed by atoms with E-state index in [9.17, 15) is 14.7 Å². The summed E-state index contributed by atoms with van der Waals surface area (Å²) in [4.78, 5) is 22.6. The predicted molar refractivity (Wildman–Crippen MR) is 57.6 cm³/mol. The first-order chi connectivity index (χ1) is 7.56. The van der Waals surface area contributed by atoms with Gasteiger partial charge >= 0.3 is 0 Å². The van der Waals surface area contributed by atoms with Crippen molar-refractivity contribution in [3.63, 3.8) is 0 Å². The standard InChI is InChI=1S/C11H12N2O3/c12-7-3-6(4-8(14)5-7)9-1-2-10(15)13-11(9)16/h3-5,9,14H,1-2,12H2,(H,13,15,16). The molecule has 2 amide bonds. The van der Waals surface area contributed by atoms with Crippen molar-refractivity contribution < 1.29 is 14.7 Å². The third kappa shape index (κ3) is 1.98. The Hall–Kier alpha value is -2.04. The second kappa shape index (κ2) is 3.84. The second-order valence-electron chi connectivity index (χ2n) is 3.86. The number of aromatic hydroxyl groups is 1. The summed E-state index contributed by atoms with van der Waals surface area (Å²) in [5, 5.41) is 11.7. The number of carbonyl (C=O) groups excluding carboxylic acids is 2. The highest BCUT2D eigenvalue weighted by molar-refractivity contribution is 6.01. The Morgan fingerprint density at radius 2 is 2.06 bits per heavy atom. The quantitative estimate of drug-likeness (QED) is 0.474. The van der Waals surface area contributed by atoms with Gasteiger partial charge in [-0.2, -0.15) is 0 Å². The molecule has 1 atom stereocenters. The molecular formula is C11H12N2O3. The molecule has 16 heavy (non-hydrogen) atoms. The first-order valence-corrected chi connectivity index (χ1v) is 4.99. The van der Waals surface area contributed by atoms with E-state index in [2.05, 4.69) is 5.32 Å². The van der Waals surface area contributed by atoms with Crippen molar-refractivity contribution in [3.05, 3.63) is 23.8 Å². The van der Waals surface area contributed by atoms with Crippen molar-refractivity contribution in [2.45, 2.75) is 18.8 Å². The summed E-state index contributed by atoms with van der Waals surface area (Å²) < 4.78 is 0. The van der Waals surface area contributed by atoms with Crippen molar-refractivity contribution in [1.29, 1.82) is 0 Å². The van der Waals surface area contributed by atoms with E-state index in [0.717, 1.165) is 0 Å². The van der Waals surface area contributed by atoms with Crippen LogP contribution >= 0.6 is 0 Å². The zero-order valence-electron chi connectivity index (χ0n) is 8.56. The van der Waals surface area contributed by atoms with E-state index in [4.69, 9.17) is 5.73 Å². The first kappa shape index (κ1) is 10.5. The number of phenols is 1. The maximum Gasteiger partial charge on any atom is 0.234 e. The number of hydrogen-bond donors (Lipinski definition) is 3. The number of hydrogen-bond acceptors (Lipinski definition) is 4. The molecule has 1 saturated heterocycles. The Labute approximate surface area is 92.3 Å². The molecule has 5 heteroatoms. The van der Waals surface area contributed by atoms with Crippen LogP contribution in [0.15, 0.2) is 18.2 Å². The summed E-state index contributed by atoms with van der Waals surface area (Å²) in [6, 6.07) is 4.55. The Morgan fingerprint density at radius 1 is 1.31 bits per heavy atom. The van der Waals surface area contributed by atoms with Crippen LogP contribution in [0.25, 0.3) is 0 Å². The molecule has 84 valence electrons.